The Morgan fingerprint density at radius 2 is 2.05 bits per heavy atom. The topological polar surface area (TPSA) is 88.9 Å². The van der Waals surface area contributed by atoms with Crippen molar-refractivity contribution in [2.75, 3.05) is 0 Å². The second-order valence-corrected chi connectivity index (χ2v) is 4.54. The first-order valence-corrected chi connectivity index (χ1v) is 6.17. The molecule has 0 bridgehead atoms. The fourth-order valence-electron chi connectivity index (χ4n) is 1.71. The van der Waals surface area contributed by atoms with Gasteiger partial charge in [0.05, 0.1) is 0 Å². The van der Waals surface area contributed by atoms with Crippen molar-refractivity contribution in [3.05, 3.63) is 48.0 Å². The quantitative estimate of drug-likeness (QED) is 0.516. The summed E-state index contributed by atoms with van der Waals surface area (Å²) >= 11 is 0. The van der Waals surface area contributed by atoms with Crippen molar-refractivity contribution in [1.29, 1.82) is 0 Å². The third-order valence-corrected chi connectivity index (χ3v) is 3.01. The van der Waals surface area contributed by atoms with Crippen molar-refractivity contribution in [3.8, 4) is 24.0 Å². The standard InChI is InChI=1S/C15H13FN2O4/c1-3-15(2,18(20)14(17)19)12-8-9-13(22-12)21-11-6-4-10(16)5-7-11/h1,4-9,20H,2H3,(H2,17,19). The minimum atomic E-state index is -1.59. The molecule has 1 aromatic carbocycles. The molecule has 1 heterocycles. The van der Waals surface area contributed by atoms with Crippen LogP contribution in [0, 0.1) is 18.2 Å². The fraction of sp³-hybridized carbons (Fsp3) is 0.133. The van der Waals surface area contributed by atoms with Gasteiger partial charge in [0.25, 0.3) is 5.95 Å². The molecule has 0 saturated heterocycles. The van der Waals surface area contributed by atoms with Gasteiger partial charge in [0.15, 0.2) is 5.54 Å². The van der Waals surface area contributed by atoms with Crippen LogP contribution in [0.2, 0.25) is 0 Å². The fourth-order valence-corrected chi connectivity index (χ4v) is 1.71. The van der Waals surface area contributed by atoms with E-state index in [0.29, 0.717) is 5.75 Å². The summed E-state index contributed by atoms with van der Waals surface area (Å²) in [5, 5.41) is 9.89. The van der Waals surface area contributed by atoms with Crippen LogP contribution in [0.3, 0.4) is 0 Å². The van der Waals surface area contributed by atoms with E-state index in [1.807, 2.05) is 0 Å². The molecule has 6 nitrogen and oxygen atoms in total. The summed E-state index contributed by atoms with van der Waals surface area (Å²) in [5.74, 6) is 2.32. The first-order valence-electron chi connectivity index (χ1n) is 6.17. The Bertz CT molecular complexity index is 720. The average molecular weight is 304 g/mol. The Kier molecular flexibility index (Phi) is 4.06. The number of carbonyl (C=O) groups excluding carboxylic acids is 1. The molecular formula is C15H13FN2O4. The van der Waals surface area contributed by atoms with Gasteiger partial charge in [0.1, 0.15) is 17.3 Å². The molecule has 0 radical (unpaired) electrons. The van der Waals surface area contributed by atoms with E-state index in [2.05, 4.69) is 5.92 Å². The van der Waals surface area contributed by atoms with Crippen molar-refractivity contribution in [2.24, 2.45) is 5.73 Å². The van der Waals surface area contributed by atoms with E-state index in [4.69, 9.17) is 21.3 Å². The van der Waals surface area contributed by atoms with Gasteiger partial charge in [-0.1, -0.05) is 5.92 Å². The van der Waals surface area contributed by atoms with Crippen LogP contribution in [-0.2, 0) is 5.54 Å². The van der Waals surface area contributed by atoms with Gasteiger partial charge in [-0.2, -0.15) is 5.06 Å². The van der Waals surface area contributed by atoms with Crippen LogP contribution in [0.4, 0.5) is 9.18 Å². The highest BCUT2D eigenvalue weighted by Gasteiger charge is 2.37. The molecule has 0 aliphatic carbocycles. The molecule has 1 aromatic heterocycles. The molecule has 7 heteroatoms. The number of urea groups is 1. The van der Waals surface area contributed by atoms with Crippen LogP contribution in [0.25, 0.3) is 0 Å². The number of nitrogens with zero attached hydrogens (tertiary/aromatic N) is 1. The summed E-state index contributed by atoms with van der Waals surface area (Å²) in [4.78, 5) is 11.1. The highest BCUT2D eigenvalue weighted by molar-refractivity contribution is 5.72. The summed E-state index contributed by atoms with van der Waals surface area (Å²) in [5.41, 5.74) is 3.43. The average Bonchev–Trinajstić information content (AvgIpc) is 2.97. The highest BCUT2D eigenvalue weighted by Crippen LogP contribution is 2.32. The van der Waals surface area contributed by atoms with Gasteiger partial charge in [-0.25, -0.2) is 9.18 Å². The number of benzene rings is 1. The number of hydrogen-bond acceptors (Lipinski definition) is 4. The van der Waals surface area contributed by atoms with Crippen LogP contribution in [-0.4, -0.2) is 16.3 Å². The van der Waals surface area contributed by atoms with Crippen molar-refractivity contribution in [2.45, 2.75) is 12.5 Å². The Morgan fingerprint density at radius 1 is 1.41 bits per heavy atom. The summed E-state index contributed by atoms with van der Waals surface area (Å²) < 4.78 is 23.6. The molecule has 2 aromatic rings. The van der Waals surface area contributed by atoms with Crippen molar-refractivity contribution in [1.82, 2.24) is 5.06 Å². The molecule has 2 amide bonds. The van der Waals surface area contributed by atoms with Crippen LogP contribution < -0.4 is 10.5 Å². The Morgan fingerprint density at radius 3 is 2.59 bits per heavy atom. The van der Waals surface area contributed by atoms with Gasteiger partial charge in [-0.15, -0.1) is 6.42 Å². The van der Waals surface area contributed by atoms with Crippen molar-refractivity contribution >= 4 is 6.03 Å². The number of furan rings is 1. The van der Waals surface area contributed by atoms with E-state index >= 15 is 0 Å². The van der Waals surface area contributed by atoms with E-state index in [1.165, 1.54) is 43.3 Å². The highest BCUT2D eigenvalue weighted by atomic mass is 19.1. The summed E-state index contributed by atoms with van der Waals surface area (Å²) in [6, 6.07) is 7.05. The zero-order chi connectivity index (χ0) is 16.3. The molecule has 22 heavy (non-hydrogen) atoms. The number of primary amides is 1. The summed E-state index contributed by atoms with van der Waals surface area (Å²) in [6.07, 6.45) is 5.35. The van der Waals surface area contributed by atoms with Gasteiger partial charge in [-0.05, 0) is 37.3 Å². The van der Waals surface area contributed by atoms with Crippen LogP contribution in [0.1, 0.15) is 12.7 Å². The molecule has 0 fully saturated rings. The molecule has 0 saturated carbocycles. The van der Waals surface area contributed by atoms with Crippen LogP contribution in [0.15, 0.2) is 40.8 Å². The second-order valence-electron chi connectivity index (χ2n) is 4.54. The number of ether oxygens (including phenoxy) is 1. The number of carbonyl (C=O) groups is 1. The predicted molar refractivity (Wildman–Crippen MR) is 74.6 cm³/mol. The van der Waals surface area contributed by atoms with Gasteiger partial charge in [-0.3, -0.25) is 5.21 Å². The molecular weight excluding hydrogens is 291 g/mol. The van der Waals surface area contributed by atoms with Crippen LogP contribution >= 0.6 is 0 Å². The molecule has 0 aliphatic heterocycles. The lowest BCUT2D eigenvalue weighted by molar-refractivity contribution is -0.105. The lowest BCUT2D eigenvalue weighted by atomic mass is 10.0. The van der Waals surface area contributed by atoms with Crippen LogP contribution in [0.5, 0.6) is 11.7 Å². The lowest BCUT2D eigenvalue weighted by Gasteiger charge is -2.28. The maximum atomic E-state index is 12.8. The monoisotopic (exact) mass is 304 g/mol. The zero-order valence-corrected chi connectivity index (χ0v) is 11.6. The van der Waals surface area contributed by atoms with E-state index < -0.39 is 17.4 Å². The number of hydrogen-bond donors (Lipinski definition) is 2. The van der Waals surface area contributed by atoms with E-state index in [9.17, 15) is 14.4 Å². The van der Waals surface area contributed by atoms with E-state index in [1.54, 1.807) is 0 Å². The van der Waals surface area contributed by atoms with Gasteiger partial charge in [0, 0.05) is 6.07 Å². The Hall–Kier alpha value is -2.98. The Balaban J connectivity index is 2.25. The molecule has 3 N–H and O–H groups in total. The largest absolute Gasteiger partial charge is 0.427 e. The molecule has 0 spiro atoms. The molecule has 2 rings (SSSR count). The first kappa shape index (κ1) is 15.4. The molecule has 1 unspecified atom stereocenters. The third kappa shape index (κ3) is 2.87. The van der Waals surface area contributed by atoms with Crippen molar-refractivity contribution in [3.63, 3.8) is 0 Å². The van der Waals surface area contributed by atoms with Crippen molar-refractivity contribution < 1.29 is 23.5 Å². The summed E-state index contributed by atoms with van der Waals surface area (Å²) in [7, 11) is 0. The third-order valence-electron chi connectivity index (χ3n) is 3.01. The normalized spacial score (nSPS) is 13.0. The van der Waals surface area contributed by atoms with Gasteiger partial charge >= 0.3 is 6.03 Å². The lowest BCUT2D eigenvalue weighted by Crippen LogP contribution is -2.46. The molecule has 1 atom stereocenters. The molecule has 114 valence electrons. The minimum Gasteiger partial charge on any atom is -0.427 e. The number of amides is 2. The second kappa shape index (κ2) is 5.79. The number of halogens is 1. The van der Waals surface area contributed by atoms with E-state index in [-0.39, 0.29) is 16.8 Å². The maximum absolute atomic E-state index is 12.8. The predicted octanol–water partition coefficient (Wildman–Crippen LogP) is 2.83. The van der Waals surface area contributed by atoms with E-state index in [0.717, 1.165) is 0 Å². The summed E-state index contributed by atoms with van der Waals surface area (Å²) in [6.45, 7) is 1.37. The number of rotatable bonds is 4. The molecule has 0 aliphatic rings. The number of hydroxylamine groups is 2. The maximum Gasteiger partial charge on any atom is 0.340 e. The smallest absolute Gasteiger partial charge is 0.340 e. The minimum absolute atomic E-state index is 0.0564. The number of terminal acetylenes is 1. The van der Waals surface area contributed by atoms with Gasteiger partial charge < -0.3 is 14.9 Å². The first-order chi connectivity index (χ1) is 10.4. The van der Waals surface area contributed by atoms with Gasteiger partial charge in [0.2, 0.25) is 0 Å². The zero-order valence-electron chi connectivity index (χ0n) is 11.6. The number of nitrogens with two attached hydrogens (primary N) is 1. The SMILES string of the molecule is C#CC(C)(c1ccc(Oc2ccc(F)cc2)o1)N(O)C(N)=O. The Labute approximate surface area is 125 Å².